The number of epoxide rings is 1. The zero-order valence-electron chi connectivity index (χ0n) is 20.7. The van der Waals surface area contributed by atoms with Crippen LogP contribution in [0.4, 0.5) is 0 Å². The minimum atomic E-state index is -0.641. The molecule has 0 bridgehead atoms. The average Bonchev–Trinajstić information content (AvgIpc) is 3.34. The molecule has 32 heavy (non-hydrogen) atoms. The molecule has 0 amide bonds. The molecule has 4 aliphatic carbocycles. The summed E-state index contributed by atoms with van der Waals surface area (Å²) in [6, 6.07) is 0. The Morgan fingerprint density at radius 3 is 2.50 bits per heavy atom. The van der Waals surface area contributed by atoms with Gasteiger partial charge >= 0.3 is 0 Å². The van der Waals surface area contributed by atoms with E-state index in [1.807, 2.05) is 0 Å². The van der Waals surface area contributed by atoms with Crippen molar-refractivity contribution >= 4 is 0 Å². The highest BCUT2D eigenvalue weighted by Gasteiger charge is 2.77. The summed E-state index contributed by atoms with van der Waals surface area (Å²) in [7, 11) is 0. The number of fused-ring (bicyclic) bond motifs is 3. The standard InChI is InChI=1S/C28H44O4/c1-15(2)16(3)7-8-17(4)19-9-10-20-22-23(21(30)14-26(19,20)5)27(6)12-11-18(29)13-28(27)25(32-28)24(22)31/h15,17-21,24-25,29-31H,3,7-14H2,1-2,4-6H3. The van der Waals surface area contributed by atoms with Crippen LogP contribution in [0.3, 0.4) is 0 Å². The Hall–Kier alpha value is -0.680. The summed E-state index contributed by atoms with van der Waals surface area (Å²) in [6.45, 7) is 15.7. The largest absolute Gasteiger partial charge is 0.393 e. The molecule has 3 fully saturated rings. The molecule has 0 aromatic carbocycles. The van der Waals surface area contributed by atoms with Crippen LogP contribution in [-0.4, -0.2) is 45.3 Å². The number of aliphatic hydroxyl groups is 3. The van der Waals surface area contributed by atoms with E-state index in [1.165, 1.54) is 12.0 Å². The van der Waals surface area contributed by atoms with E-state index in [0.717, 1.165) is 49.7 Å². The van der Waals surface area contributed by atoms with Gasteiger partial charge in [0.25, 0.3) is 0 Å². The highest BCUT2D eigenvalue weighted by Crippen LogP contribution is 2.72. The molecule has 5 rings (SSSR count). The van der Waals surface area contributed by atoms with Crippen molar-refractivity contribution in [3.8, 4) is 0 Å². The highest BCUT2D eigenvalue weighted by molar-refractivity contribution is 5.47. The minimum Gasteiger partial charge on any atom is -0.393 e. The number of ether oxygens (including phenoxy) is 1. The zero-order chi connectivity index (χ0) is 23.2. The lowest BCUT2D eigenvalue weighted by molar-refractivity contribution is -0.0301. The topological polar surface area (TPSA) is 73.2 Å². The average molecular weight is 445 g/mol. The number of rotatable bonds is 5. The first-order chi connectivity index (χ1) is 15.0. The van der Waals surface area contributed by atoms with Gasteiger partial charge in [-0.2, -0.15) is 0 Å². The van der Waals surface area contributed by atoms with Gasteiger partial charge in [0.2, 0.25) is 0 Å². The molecule has 180 valence electrons. The lowest BCUT2D eigenvalue weighted by Crippen LogP contribution is -2.58. The number of aliphatic hydroxyl groups excluding tert-OH is 3. The maximum Gasteiger partial charge on any atom is 0.118 e. The van der Waals surface area contributed by atoms with Gasteiger partial charge in [-0.3, -0.25) is 0 Å². The smallest absolute Gasteiger partial charge is 0.118 e. The lowest BCUT2D eigenvalue weighted by atomic mass is 9.49. The first-order valence-corrected chi connectivity index (χ1v) is 13.1. The summed E-state index contributed by atoms with van der Waals surface area (Å²) < 4.78 is 6.27. The van der Waals surface area contributed by atoms with Crippen molar-refractivity contribution in [2.24, 2.45) is 34.5 Å². The molecule has 1 aliphatic heterocycles. The molecule has 5 aliphatic rings. The molecular weight excluding hydrogens is 400 g/mol. The van der Waals surface area contributed by atoms with Crippen LogP contribution in [0.2, 0.25) is 0 Å². The van der Waals surface area contributed by atoms with E-state index >= 15 is 0 Å². The summed E-state index contributed by atoms with van der Waals surface area (Å²) >= 11 is 0. The van der Waals surface area contributed by atoms with Crippen LogP contribution >= 0.6 is 0 Å². The quantitative estimate of drug-likeness (QED) is 0.422. The van der Waals surface area contributed by atoms with Crippen LogP contribution in [0.1, 0.15) is 86.0 Å². The van der Waals surface area contributed by atoms with Crippen molar-refractivity contribution < 1.29 is 20.1 Å². The van der Waals surface area contributed by atoms with Gasteiger partial charge in [0.1, 0.15) is 17.8 Å². The molecule has 3 N–H and O–H groups in total. The van der Waals surface area contributed by atoms with Crippen molar-refractivity contribution in [2.75, 3.05) is 0 Å². The van der Waals surface area contributed by atoms with Crippen molar-refractivity contribution in [3.63, 3.8) is 0 Å². The molecule has 10 atom stereocenters. The second-order valence-corrected chi connectivity index (χ2v) is 12.8. The first kappa shape index (κ1) is 23.1. The van der Waals surface area contributed by atoms with Crippen LogP contribution in [-0.2, 0) is 4.74 Å². The molecule has 1 heterocycles. The summed E-state index contributed by atoms with van der Waals surface area (Å²) in [4.78, 5) is 0. The van der Waals surface area contributed by atoms with E-state index in [-0.39, 0.29) is 23.0 Å². The van der Waals surface area contributed by atoms with E-state index in [2.05, 4.69) is 41.2 Å². The Morgan fingerprint density at radius 1 is 1.09 bits per heavy atom. The zero-order valence-corrected chi connectivity index (χ0v) is 20.7. The molecule has 10 unspecified atom stereocenters. The van der Waals surface area contributed by atoms with Gasteiger partial charge in [0.15, 0.2) is 0 Å². The summed E-state index contributed by atoms with van der Waals surface area (Å²) in [5, 5.41) is 33.5. The van der Waals surface area contributed by atoms with Gasteiger partial charge < -0.3 is 20.1 Å². The molecule has 0 aromatic rings. The molecule has 0 aromatic heterocycles. The van der Waals surface area contributed by atoms with Gasteiger partial charge in [-0.05, 0) is 85.2 Å². The second-order valence-electron chi connectivity index (χ2n) is 12.8. The highest BCUT2D eigenvalue weighted by atomic mass is 16.6. The molecule has 2 saturated carbocycles. The van der Waals surface area contributed by atoms with Crippen molar-refractivity contribution in [2.45, 2.75) is 116 Å². The summed E-state index contributed by atoms with van der Waals surface area (Å²) in [5.74, 6) is 1.98. The van der Waals surface area contributed by atoms with Gasteiger partial charge in [0.05, 0.1) is 12.2 Å². The number of hydrogen-bond acceptors (Lipinski definition) is 4. The Morgan fingerprint density at radius 2 is 1.81 bits per heavy atom. The predicted octanol–water partition coefficient (Wildman–Crippen LogP) is 4.77. The monoisotopic (exact) mass is 444 g/mol. The molecule has 1 saturated heterocycles. The summed E-state index contributed by atoms with van der Waals surface area (Å²) in [5.41, 5.74) is 2.78. The Bertz CT molecular complexity index is 831. The molecular formula is C28H44O4. The van der Waals surface area contributed by atoms with Gasteiger partial charge in [-0.25, -0.2) is 0 Å². The Labute approximate surface area is 194 Å². The maximum absolute atomic E-state index is 11.6. The van der Waals surface area contributed by atoms with E-state index in [0.29, 0.717) is 30.1 Å². The molecule has 1 spiro atoms. The fourth-order valence-corrected chi connectivity index (χ4v) is 8.85. The van der Waals surface area contributed by atoms with Crippen LogP contribution in [0, 0.1) is 34.5 Å². The maximum atomic E-state index is 11.6. The minimum absolute atomic E-state index is 0.0112. The SMILES string of the molecule is C=C(CCC(C)C1CCC2C3=C(C(O)CC21C)C1(C)CCC(O)CC12OC2C3O)C(C)C. The van der Waals surface area contributed by atoms with Crippen molar-refractivity contribution in [3.05, 3.63) is 23.3 Å². The van der Waals surface area contributed by atoms with Crippen LogP contribution in [0.15, 0.2) is 23.3 Å². The van der Waals surface area contributed by atoms with Crippen LogP contribution in [0.5, 0.6) is 0 Å². The predicted molar refractivity (Wildman–Crippen MR) is 126 cm³/mol. The summed E-state index contributed by atoms with van der Waals surface area (Å²) in [6.07, 6.45) is 5.66. The van der Waals surface area contributed by atoms with E-state index < -0.39 is 17.8 Å². The fraction of sp³-hybridized carbons (Fsp3) is 0.857. The van der Waals surface area contributed by atoms with E-state index in [9.17, 15) is 15.3 Å². The normalized spacial score (nSPS) is 50.4. The Balaban J connectivity index is 1.46. The van der Waals surface area contributed by atoms with E-state index in [1.54, 1.807) is 0 Å². The third-order valence-electron chi connectivity index (χ3n) is 10.9. The van der Waals surface area contributed by atoms with Gasteiger partial charge in [0, 0.05) is 11.8 Å². The molecule has 0 radical (unpaired) electrons. The van der Waals surface area contributed by atoms with E-state index in [4.69, 9.17) is 4.74 Å². The van der Waals surface area contributed by atoms with Crippen molar-refractivity contribution in [1.82, 2.24) is 0 Å². The number of allylic oxidation sites excluding steroid dienone is 1. The lowest BCUT2D eigenvalue weighted by Gasteiger charge is -2.55. The van der Waals surface area contributed by atoms with Crippen LogP contribution in [0.25, 0.3) is 0 Å². The van der Waals surface area contributed by atoms with Gasteiger partial charge in [-0.15, -0.1) is 0 Å². The number of hydrogen-bond donors (Lipinski definition) is 3. The molecule has 4 nitrogen and oxygen atoms in total. The van der Waals surface area contributed by atoms with Crippen LogP contribution < -0.4 is 0 Å². The third-order valence-corrected chi connectivity index (χ3v) is 10.9. The Kier molecular flexibility index (Phi) is 5.34. The third kappa shape index (κ3) is 2.95. The first-order valence-electron chi connectivity index (χ1n) is 13.1. The van der Waals surface area contributed by atoms with Crippen molar-refractivity contribution in [1.29, 1.82) is 0 Å². The van der Waals surface area contributed by atoms with Gasteiger partial charge in [-0.1, -0.05) is 46.8 Å². The fourth-order valence-electron chi connectivity index (χ4n) is 8.85. The second kappa shape index (κ2) is 7.41. The molecule has 4 heteroatoms.